The summed E-state index contributed by atoms with van der Waals surface area (Å²) in [6.07, 6.45) is 1.20. The van der Waals surface area contributed by atoms with Gasteiger partial charge in [0.2, 0.25) is 5.91 Å². The Labute approximate surface area is 136 Å². The highest BCUT2D eigenvalue weighted by Crippen LogP contribution is 2.24. The molecule has 2 N–H and O–H groups in total. The number of nitrogens with zero attached hydrogens (tertiary/aromatic N) is 1. The van der Waals surface area contributed by atoms with Crippen molar-refractivity contribution >= 4 is 29.9 Å². The molecular formula is C16H22ClN3O2. The molecule has 2 aliphatic rings. The monoisotopic (exact) mass is 323 g/mol. The van der Waals surface area contributed by atoms with Crippen LogP contribution in [0.3, 0.4) is 0 Å². The first-order chi connectivity index (χ1) is 10.0. The minimum atomic E-state index is 0. The fourth-order valence-corrected chi connectivity index (χ4v) is 2.99. The molecule has 2 heterocycles. The smallest absolute Gasteiger partial charge is 0.254 e. The van der Waals surface area contributed by atoms with E-state index in [0.29, 0.717) is 24.4 Å². The lowest BCUT2D eigenvalue weighted by Gasteiger charge is -2.37. The standard InChI is InChI=1S/C16H21N3O2.ClH/c1-10-9-19(11(2)8-17-10)16(21)13-3-5-14-12(7-13)4-6-15(20)18-14;/h3,5,7,10-11,17H,4,6,8-9H2,1-2H3,(H,18,20);1H. The number of nitrogens with one attached hydrogen (secondary N) is 2. The van der Waals surface area contributed by atoms with Gasteiger partial charge in [-0.15, -0.1) is 12.4 Å². The summed E-state index contributed by atoms with van der Waals surface area (Å²) in [6.45, 7) is 5.71. The number of hydrogen-bond donors (Lipinski definition) is 2. The van der Waals surface area contributed by atoms with Crippen LogP contribution in [0.2, 0.25) is 0 Å². The molecule has 1 aromatic carbocycles. The summed E-state index contributed by atoms with van der Waals surface area (Å²) in [5.41, 5.74) is 2.60. The molecule has 3 rings (SSSR count). The molecule has 0 saturated carbocycles. The molecule has 0 radical (unpaired) electrons. The number of rotatable bonds is 1. The van der Waals surface area contributed by atoms with Gasteiger partial charge in [-0.05, 0) is 44.0 Å². The van der Waals surface area contributed by atoms with Crippen LogP contribution >= 0.6 is 12.4 Å². The molecule has 1 saturated heterocycles. The van der Waals surface area contributed by atoms with Gasteiger partial charge in [0.25, 0.3) is 5.91 Å². The molecule has 0 aromatic heterocycles. The predicted molar refractivity (Wildman–Crippen MR) is 88.6 cm³/mol. The number of hydrogen-bond acceptors (Lipinski definition) is 3. The molecule has 2 atom stereocenters. The lowest BCUT2D eigenvalue weighted by molar-refractivity contribution is -0.116. The zero-order chi connectivity index (χ0) is 15.0. The van der Waals surface area contributed by atoms with Crippen molar-refractivity contribution in [2.45, 2.75) is 38.8 Å². The van der Waals surface area contributed by atoms with Gasteiger partial charge >= 0.3 is 0 Å². The van der Waals surface area contributed by atoms with Gasteiger partial charge in [-0.2, -0.15) is 0 Å². The van der Waals surface area contributed by atoms with Gasteiger partial charge in [-0.1, -0.05) is 0 Å². The molecule has 1 fully saturated rings. The van der Waals surface area contributed by atoms with E-state index in [4.69, 9.17) is 0 Å². The molecule has 5 nitrogen and oxygen atoms in total. The maximum atomic E-state index is 12.7. The molecule has 6 heteroatoms. The Morgan fingerprint density at radius 2 is 2.05 bits per heavy atom. The van der Waals surface area contributed by atoms with Gasteiger partial charge in [0.15, 0.2) is 0 Å². The Kier molecular flexibility index (Phi) is 5.08. The molecule has 1 aromatic rings. The summed E-state index contributed by atoms with van der Waals surface area (Å²) in [4.78, 5) is 26.0. The summed E-state index contributed by atoms with van der Waals surface area (Å²) in [6, 6.07) is 6.10. The Bertz CT molecular complexity index is 591. The number of piperazine rings is 1. The van der Waals surface area contributed by atoms with Crippen LogP contribution in [0, 0.1) is 0 Å². The van der Waals surface area contributed by atoms with E-state index in [1.54, 1.807) is 0 Å². The highest BCUT2D eigenvalue weighted by molar-refractivity contribution is 5.98. The topological polar surface area (TPSA) is 61.4 Å². The highest BCUT2D eigenvalue weighted by Gasteiger charge is 2.28. The van der Waals surface area contributed by atoms with Crippen LogP contribution in [-0.2, 0) is 11.2 Å². The average molecular weight is 324 g/mol. The quantitative estimate of drug-likeness (QED) is 0.828. The van der Waals surface area contributed by atoms with E-state index in [1.165, 1.54) is 0 Å². The third-order valence-electron chi connectivity index (χ3n) is 4.27. The fourth-order valence-electron chi connectivity index (χ4n) is 2.99. The van der Waals surface area contributed by atoms with Crippen LogP contribution in [0.4, 0.5) is 5.69 Å². The van der Waals surface area contributed by atoms with Crippen molar-refractivity contribution in [2.24, 2.45) is 0 Å². The lowest BCUT2D eigenvalue weighted by atomic mass is 9.99. The van der Waals surface area contributed by atoms with E-state index in [0.717, 1.165) is 24.3 Å². The number of carbonyl (C=O) groups is 2. The van der Waals surface area contributed by atoms with Crippen LogP contribution in [-0.4, -0.2) is 41.9 Å². The first-order valence-electron chi connectivity index (χ1n) is 7.51. The summed E-state index contributed by atoms with van der Waals surface area (Å²) in [5, 5.41) is 6.23. The molecule has 0 aliphatic carbocycles. The number of halogens is 1. The molecule has 2 unspecified atom stereocenters. The van der Waals surface area contributed by atoms with Gasteiger partial charge in [0.05, 0.1) is 0 Å². The first-order valence-corrected chi connectivity index (χ1v) is 7.51. The number of benzene rings is 1. The van der Waals surface area contributed by atoms with Gasteiger partial charge in [0, 0.05) is 42.8 Å². The van der Waals surface area contributed by atoms with Gasteiger partial charge in [0.1, 0.15) is 0 Å². The molecule has 0 bridgehead atoms. The third-order valence-corrected chi connectivity index (χ3v) is 4.27. The molecule has 0 spiro atoms. The van der Waals surface area contributed by atoms with E-state index < -0.39 is 0 Å². The van der Waals surface area contributed by atoms with Crippen LogP contribution in [0.1, 0.15) is 36.2 Å². The maximum Gasteiger partial charge on any atom is 0.254 e. The zero-order valence-electron chi connectivity index (χ0n) is 12.9. The van der Waals surface area contributed by atoms with Crippen molar-refractivity contribution in [1.29, 1.82) is 0 Å². The Balaban J connectivity index is 0.00000176. The van der Waals surface area contributed by atoms with E-state index >= 15 is 0 Å². The second-order valence-electron chi connectivity index (χ2n) is 6.04. The van der Waals surface area contributed by atoms with Crippen molar-refractivity contribution < 1.29 is 9.59 Å². The minimum absolute atomic E-state index is 0. The van der Waals surface area contributed by atoms with Crippen LogP contribution in [0.5, 0.6) is 0 Å². The number of anilines is 1. The van der Waals surface area contributed by atoms with Crippen LogP contribution < -0.4 is 10.6 Å². The predicted octanol–water partition coefficient (Wildman–Crippen LogP) is 1.82. The van der Waals surface area contributed by atoms with Gasteiger partial charge in [-0.3, -0.25) is 9.59 Å². The summed E-state index contributed by atoms with van der Waals surface area (Å²) in [7, 11) is 0. The Morgan fingerprint density at radius 3 is 2.82 bits per heavy atom. The van der Waals surface area contributed by atoms with E-state index in [-0.39, 0.29) is 30.3 Å². The normalized spacial score (nSPS) is 24.1. The second-order valence-corrected chi connectivity index (χ2v) is 6.04. The van der Waals surface area contributed by atoms with Gasteiger partial charge < -0.3 is 15.5 Å². The number of aryl methyl sites for hydroxylation is 1. The van der Waals surface area contributed by atoms with Crippen molar-refractivity contribution in [2.75, 3.05) is 18.4 Å². The third kappa shape index (κ3) is 3.25. The largest absolute Gasteiger partial charge is 0.333 e. The van der Waals surface area contributed by atoms with E-state index in [2.05, 4.69) is 24.5 Å². The van der Waals surface area contributed by atoms with Crippen molar-refractivity contribution in [3.8, 4) is 0 Å². The number of fused-ring (bicyclic) bond motifs is 1. The number of amides is 2. The number of carbonyl (C=O) groups excluding carboxylic acids is 2. The van der Waals surface area contributed by atoms with E-state index in [1.807, 2.05) is 23.1 Å². The maximum absolute atomic E-state index is 12.7. The molecule has 2 aliphatic heterocycles. The Morgan fingerprint density at radius 1 is 1.27 bits per heavy atom. The molecule has 2 amide bonds. The fraction of sp³-hybridized carbons (Fsp3) is 0.500. The van der Waals surface area contributed by atoms with Crippen LogP contribution in [0.15, 0.2) is 18.2 Å². The second kappa shape index (κ2) is 6.67. The molecule has 22 heavy (non-hydrogen) atoms. The molecule has 120 valence electrons. The van der Waals surface area contributed by atoms with Crippen molar-refractivity contribution in [1.82, 2.24) is 10.2 Å². The lowest BCUT2D eigenvalue weighted by Crippen LogP contribution is -2.56. The highest BCUT2D eigenvalue weighted by atomic mass is 35.5. The minimum Gasteiger partial charge on any atom is -0.333 e. The first kappa shape index (κ1) is 16.8. The zero-order valence-corrected chi connectivity index (χ0v) is 13.7. The summed E-state index contributed by atoms with van der Waals surface area (Å²) >= 11 is 0. The molecular weight excluding hydrogens is 302 g/mol. The van der Waals surface area contributed by atoms with E-state index in [9.17, 15) is 9.59 Å². The van der Waals surface area contributed by atoms with Gasteiger partial charge in [-0.25, -0.2) is 0 Å². The SMILES string of the molecule is CC1CN(C(=O)c2ccc3c(c2)CCC(=O)N3)C(C)CN1.Cl. The van der Waals surface area contributed by atoms with Crippen molar-refractivity contribution in [3.63, 3.8) is 0 Å². The van der Waals surface area contributed by atoms with Crippen LogP contribution in [0.25, 0.3) is 0 Å². The van der Waals surface area contributed by atoms with Crippen molar-refractivity contribution in [3.05, 3.63) is 29.3 Å². The summed E-state index contributed by atoms with van der Waals surface area (Å²) < 4.78 is 0. The average Bonchev–Trinajstić information content (AvgIpc) is 2.48. The Hall–Kier alpha value is -1.59. The summed E-state index contributed by atoms with van der Waals surface area (Å²) in [5.74, 6) is 0.127.